The molecule has 3 fully saturated rings. The summed E-state index contributed by atoms with van der Waals surface area (Å²) in [5, 5.41) is 0. The first-order chi connectivity index (χ1) is 16.7. The Morgan fingerprint density at radius 3 is 2.59 bits per heavy atom. The molecule has 1 unspecified atom stereocenters. The summed E-state index contributed by atoms with van der Waals surface area (Å²) in [6.45, 7) is 7.05. The molecule has 1 atom stereocenters. The van der Waals surface area contributed by atoms with Gasteiger partial charge in [0.25, 0.3) is 0 Å². The minimum absolute atomic E-state index is 0.350. The van der Waals surface area contributed by atoms with E-state index >= 15 is 0 Å². The molecule has 0 radical (unpaired) electrons. The number of carbonyl (C=O) groups excluding carboxylic acids is 1. The number of aromatic nitrogens is 1. The fourth-order valence-corrected chi connectivity index (χ4v) is 6.29. The zero-order valence-electron chi connectivity index (χ0n) is 20.5. The number of amides is 1. The fourth-order valence-electron chi connectivity index (χ4n) is 6.29. The molecule has 6 heteroatoms. The van der Waals surface area contributed by atoms with Crippen molar-refractivity contribution in [2.24, 2.45) is 5.92 Å². The summed E-state index contributed by atoms with van der Waals surface area (Å²) in [6, 6.07) is 14.4. The molecule has 1 saturated carbocycles. The second kappa shape index (κ2) is 10.3. The van der Waals surface area contributed by atoms with Crippen molar-refractivity contribution >= 4 is 11.7 Å². The summed E-state index contributed by atoms with van der Waals surface area (Å²) in [7, 11) is 1.70. The molecular formula is C28H38N4O2. The third-order valence-corrected chi connectivity index (χ3v) is 8.16. The Balaban J connectivity index is 1.21. The van der Waals surface area contributed by atoms with E-state index < -0.39 is 0 Å². The molecule has 0 bridgehead atoms. The normalized spacial score (nSPS) is 23.1. The highest BCUT2D eigenvalue weighted by Gasteiger charge is 2.46. The molecule has 3 heterocycles. The van der Waals surface area contributed by atoms with Crippen molar-refractivity contribution < 1.29 is 9.53 Å². The van der Waals surface area contributed by atoms with E-state index in [9.17, 15) is 4.79 Å². The van der Waals surface area contributed by atoms with E-state index in [-0.39, 0.29) is 5.41 Å². The molecule has 1 aliphatic carbocycles. The number of nitrogens with zero attached hydrogens (tertiary/aromatic N) is 4. The summed E-state index contributed by atoms with van der Waals surface area (Å²) in [4.78, 5) is 25.7. The van der Waals surface area contributed by atoms with Gasteiger partial charge in [0.15, 0.2) is 0 Å². The van der Waals surface area contributed by atoms with Crippen molar-refractivity contribution in [1.29, 1.82) is 0 Å². The van der Waals surface area contributed by atoms with E-state index in [1.54, 1.807) is 7.11 Å². The molecule has 0 spiro atoms. The summed E-state index contributed by atoms with van der Waals surface area (Å²) >= 11 is 0. The maximum Gasteiger partial charge on any atom is 0.233 e. The van der Waals surface area contributed by atoms with Crippen LogP contribution in [-0.2, 0) is 10.2 Å². The number of anilines is 1. The number of rotatable bonds is 6. The second-order valence-corrected chi connectivity index (χ2v) is 10.3. The molecule has 5 rings (SSSR count). The number of hydrogen-bond acceptors (Lipinski definition) is 5. The van der Waals surface area contributed by atoms with Crippen molar-refractivity contribution in [3.8, 4) is 5.75 Å². The van der Waals surface area contributed by atoms with Crippen LogP contribution in [0.5, 0.6) is 5.75 Å². The smallest absolute Gasteiger partial charge is 0.233 e. The summed E-state index contributed by atoms with van der Waals surface area (Å²) < 4.78 is 5.48. The number of hydrogen-bond donors (Lipinski definition) is 0. The van der Waals surface area contributed by atoms with Gasteiger partial charge in [0.1, 0.15) is 11.6 Å². The Hall–Kier alpha value is -2.60. The number of ether oxygens (including phenoxy) is 1. The topological polar surface area (TPSA) is 48.9 Å². The van der Waals surface area contributed by atoms with Crippen LogP contribution >= 0.6 is 0 Å². The first-order valence-corrected chi connectivity index (χ1v) is 13.0. The molecule has 2 aliphatic heterocycles. The van der Waals surface area contributed by atoms with Crippen LogP contribution in [0, 0.1) is 5.92 Å². The van der Waals surface area contributed by atoms with Crippen molar-refractivity contribution in [3.63, 3.8) is 0 Å². The van der Waals surface area contributed by atoms with Gasteiger partial charge < -0.3 is 14.5 Å². The summed E-state index contributed by atoms with van der Waals surface area (Å²) in [6.07, 6.45) is 8.36. The molecule has 1 aromatic heterocycles. The van der Waals surface area contributed by atoms with E-state index in [2.05, 4.69) is 43.9 Å². The lowest BCUT2D eigenvalue weighted by atomic mass is 9.76. The van der Waals surface area contributed by atoms with Gasteiger partial charge in [-0.3, -0.25) is 9.69 Å². The number of piperazine rings is 1. The van der Waals surface area contributed by atoms with E-state index in [0.29, 0.717) is 11.8 Å². The Morgan fingerprint density at radius 1 is 1.03 bits per heavy atom. The zero-order valence-corrected chi connectivity index (χ0v) is 20.5. The van der Waals surface area contributed by atoms with Crippen LogP contribution in [0.1, 0.15) is 44.1 Å². The number of carbonyl (C=O) groups is 1. The highest BCUT2D eigenvalue weighted by Crippen LogP contribution is 2.44. The van der Waals surface area contributed by atoms with Crippen molar-refractivity contribution in [2.75, 3.05) is 57.8 Å². The highest BCUT2D eigenvalue weighted by atomic mass is 16.5. The average molecular weight is 463 g/mol. The number of pyridine rings is 1. The number of piperidine rings is 1. The maximum atomic E-state index is 14.0. The van der Waals surface area contributed by atoms with E-state index in [0.717, 1.165) is 95.0 Å². The average Bonchev–Trinajstić information content (AvgIpc) is 3.41. The largest absolute Gasteiger partial charge is 0.497 e. The monoisotopic (exact) mass is 462 g/mol. The minimum atomic E-state index is -0.370. The van der Waals surface area contributed by atoms with Gasteiger partial charge in [0, 0.05) is 52.0 Å². The minimum Gasteiger partial charge on any atom is -0.497 e. The molecule has 1 amide bonds. The Morgan fingerprint density at radius 2 is 1.85 bits per heavy atom. The third-order valence-electron chi connectivity index (χ3n) is 8.16. The molecule has 3 aliphatic rings. The third kappa shape index (κ3) is 4.78. The standard InChI is InChI=1S/C28H38N4O2/c1-34-25-10-6-9-24(20-25)28(12-3-4-13-28)27(33)32-15-7-8-23(22-32)21-30-16-18-31(19-17-30)26-11-2-5-14-29-26/h2,5-6,9-11,14,20,23H,3-4,7-8,12-13,15-19,21-22H2,1H3. The van der Waals surface area contributed by atoms with Crippen LogP contribution in [0.4, 0.5) is 5.82 Å². The van der Waals surface area contributed by atoms with Gasteiger partial charge >= 0.3 is 0 Å². The van der Waals surface area contributed by atoms with Crippen molar-refractivity contribution in [2.45, 2.75) is 43.9 Å². The maximum absolute atomic E-state index is 14.0. The molecular weight excluding hydrogens is 424 g/mol. The first-order valence-electron chi connectivity index (χ1n) is 13.0. The van der Waals surface area contributed by atoms with Crippen LogP contribution in [0.15, 0.2) is 48.7 Å². The SMILES string of the molecule is COc1cccc(C2(C(=O)N3CCCC(CN4CCN(c5ccccn5)CC4)C3)CCCC2)c1. The van der Waals surface area contributed by atoms with Crippen LogP contribution in [0.2, 0.25) is 0 Å². The molecule has 2 saturated heterocycles. The lowest BCUT2D eigenvalue weighted by Gasteiger charge is -2.42. The Bertz CT molecular complexity index is 952. The van der Waals surface area contributed by atoms with Gasteiger partial charge in [-0.2, -0.15) is 0 Å². The lowest BCUT2D eigenvalue weighted by Crippen LogP contribution is -2.52. The van der Waals surface area contributed by atoms with Gasteiger partial charge in [-0.1, -0.05) is 31.0 Å². The van der Waals surface area contributed by atoms with Gasteiger partial charge in [0.05, 0.1) is 12.5 Å². The second-order valence-electron chi connectivity index (χ2n) is 10.3. The van der Waals surface area contributed by atoms with Gasteiger partial charge in [-0.25, -0.2) is 4.98 Å². The zero-order chi connectivity index (χ0) is 23.4. The lowest BCUT2D eigenvalue weighted by molar-refractivity contribution is -0.139. The van der Waals surface area contributed by atoms with Crippen LogP contribution in [-0.4, -0.2) is 73.6 Å². The van der Waals surface area contributed by atoms with Crippen LogP contribution < -0.4 is 9.64 Å². The van der Waals surface area contributed by atoms with E-state index in [4.69, 9.17) is 4.74 Å². The predicted octanol–water partition coefficient (Wildman–Crippen LogP) is 3.96. The Labute approximate surface area is 203 Å². The van der Waals surface area contributed by atoms with E-state index in [1.165, 1.54) is 6.42 Å². The first kappa shape index (κ1) is 23.2. The predicted molar refractivity (Wildman–Crippen MR) is 135 cm³/mol. The van der Waals surface area contributed by atoms with Gasteiger partial charge in [-0.05, 0) is 61.4 Å². The van der Waals surface area contributed by atoms with Crippen molar-refractivity contribution in [1.82, 2.24) is 14.8 Å². The van der Waals surface area contributed by atoms with E-state index in [1.807, 2.05) is 24.4 Å². The number of methoxy groups -OCH3 is 1. The Kier molecular flexibility index (Phi) is 7.05. The van der Waals surface area contributed by atoms with Gasteiger partial charge in [0.2, 0.25) is 5.91 Å². The van der Waals surface area contributed by atoms with Crippen molar-refractivity contribution in [3.05, 3.63) is 54.2 Å². The highest BCUT2D eigenvalue weighted by molar-refractivity contribution is 5.89. The van der Waals surface area contributed by atoms with Gasteiger partial charge in [-0.15, -0.1) is 0 Å². The molecule has 182 valence electrons. The molecule has 2 aromatic rings. The quantitative estimate of drug-likeness (QED) is 0.650. The van der Waals surface area contributed by atoms with Crippen LogP contribution in [0.3, 0.4) is 0 Å². The van der Waals surface area contributed by atoms with Crippen LogP contribution in [0.25, 0.3) is 0 Å². The molecule has 34 heavy (non-hydrogen) atoms. The molecule has 6 nitrogen and oxygen atoms in total. The molecule has 0 N–H and O–H groups in total. The fraction of sp³-hybridized carbons (Fsp3) is 0.571. The molecule has 1 aromatic carbocycles. The summed E-state index contributed by atoms with van der Waals surface area (Å²) in [5.41, 5.74) is 0.771. The number of likely N-dealkylation sites (tertiary alicyclic amines) is 1. The number of benzene rings is 1. The summed E-state index contributed by atoms with van der Waals surface area (Å²) in [5.74, 6) is 2.83.